The lowest BCUT2D eigenvalue weighted by Crippen LogP contribution is -2.39. The van der Waals surface area contributed by atoms with Crippen molar-refractivity contribution in [1.82, 2.24) is 0 Å². The fourth-order valence-electron chi connectivity index (χ4n) is 2.47. The number of alkyl halides is 3. The van der Waals surface area contributed by atoms with Gasteiger partial charge in [0.2, 0.25) is 0 Å². The Balaban J connectivity index is 2.63. The summed E-state index contributed by atoms with van der Waals surface area (Å²) < 4.78 is 38.2. The number of hydrogen-bond donors (Lipinski definition) is 1. The van der Waals surface area contributed by atoms with Gasteiger partial charge in [0.05, 0.1) is 12.0 Å². The Morgan fingerprint density at radius 1 is 1.31 bits per heavy atom. The summed E-state index contributed by atoms with van der Waals surface area (Å²) in [6.07, 6.45) is 2.51. The summed E-state index contributed by atoms with van der Waals surface area (Å²) in [5.74, 6) is 0.333. The van der Waals surface area contributed by atoms with Crippen LogP contribution in [0.25, 0.3) is 0 Å². The molecular weight excluding hydrogens is 217 g/mol. The van der Waals surface area contributed by atoms with Gasteiger partial charge in [0.1, 0.15) is 0 Å². The molecule has 0 aromatic heterocycles. The van der Waals surface area contributed by atoms with Crippen LogP contribution in [-0.2, 0) is 0 Å². The van der Waals surface area contributed by atoms with E-state index in [1.807, 2.05) is 0 Å². The molecule has 1 aliphatic carbocycles. The number of hydrogen-bond acceptors (Lipinski definition) is 1. The molecule has 3 atom stereocenters. The van der Waals surface area contributed by atoms with E-state index in [0.717, 1.165) is 6.42 Å². The zero-order valence-corrected chi connectivity index (χ0v) is 9.13. The van der Waals surface area contributed by atoms with Crippen LogP contribution in [0.2, 0.25) is 0 Å². The van der Waals surface area contributed by atoms with Crippen LogP contribution in [-0.4, -0.2) is 17.4 Å². The molecule has 0 heterocycles. The molecule has 1 N–H and O–H groups in total. The SMILES string of the molecule is C#CCCC(O)C1CCCCC1C(F)(F)F. The first-order valence-corrected chi connectivity index (χ1v) is 5.65. The average Bonchev–Trinajstić information content (AvgIpc) is 2.24. The van der Waals surface area contributed by atoms with Gasteiger partial charge < -0.3 is 5.11 Å². The number of rotatable bonds is 3. The monoisotopic (exact) mass is 234 g/mol. The lowest BCUT2D eigenvalue weighted by atomic mass is 9.75. The van der Waals surface area contributed by atoms with Crippen molar-refractivity contribution < 1.29 is 18.3 Å². The van der Waals surface area contributed by atoms with Crippen molar-refractivity contribution in [3.63, 3.8) is 0 Å². The van der Waals surface area contributed by atoms with Crippen LogP contribution in [0.15, 0.2) is 0 Å². The van der Waals surface area contributed by atoms with Crippen molar-refractivity contribution in [3.8, 4) is 12.3 Å². The summed E-state index contributed by atoms with van der Waals surface area (Å²) >= 11 is 0. The van der Waals surface area contributed by atoms with Crippen LogP contribution in [0.4, 0.5) is 13.2 Å². The van der Waals surface area contributed by atoms with E-state index < -0.39 is 24.1 Å². The van der Waals surface area contributed by atoms with Gasteiger partial charge >= 0.3 is 6.18 Å². The van der Waals surface area contributed by atoms with Gasteiger partial charge in [0, 0.05) is 6.42 Å². The molecule has 0 saturated heterocycles. The Bertz CT molecular complexity index is 254. The van der Waals surface area contributed by atoms with Crippen molar-refractivity contribution >= 4 is 0 Å². The molecule has 1 nitrogen and oxygen atoms in total. The first kappa shape index (κ1) is 13.4. The number of terminal acetylenes is 1. The molecule has 1 saturated carbocycles. The van der Waals surface area contributed by atoms with E-state index in [9.17, 15) is 18.3 Å². The van der Waals surface area contributed by atoms with Gasteiger partial charge in [-0.25, -0.2) is 0 Å². The van der Waals surface area contributed by atoms with Crippen molar-refractivity contribution in [2.45, 2.75) is 50.8 Å². The highest BCUT2D eigenvalue weighted by Crippen LogP contribution is 2.43. The zero-order valence-electron chi connectivity index (χ0n) is 9.13. The van der Waals surface area contributed by atoms with E-state index in [1.165, 1.54) is 0 Å². The van der Waals surface area contributed by atoms with Crippen LogP contribution < -0.4 is 0 Å². The summed E-state index contributed by atoms with van der Waals surface area (Å²) in [5, 5.41) is 9.74. The second kappa shape index (κ2) is 5.58. The molecule has 0 aliphatic heterocycles. The largest absolute Gasteiger partial charge is 0.393 e. The van der Waals surface area contributed by atoms with Crippen LogP contribution >= 0.6 is 0 Å². The summed E-state index contributed by atoms with van der Waals surface area (Å²) in [5.41, 5.74) is 0. The topological polar surface area (TPSA) is 20.2 Å². The smallest absolute Gasteiger partial charge is 0.392 e. The van der Waals surface area contributed by atoms with E-state index in [-0.39, 0.29) is 12.8 Å². The van der Waals surface area contributed by atoms with Crippen molar-refractivity contribution in [2.75, 3.05) is 0 Å². The van der Waals surface area contributed by atoms with Gasteiger partial charge in [-0.05, 0) is 25.2 Å². The maximum atomic E-state index is 12.7. The molecule has 3 unspecified atom stereocenters. The summed E-state index contributed by atoms with van der Waals surface area (Å²) in [6, 6.07) is 0. The molecular formula is C12H17F3O. The molecule has 92 valence electrons. The predicted octanol–water partition coefficient (Wildman–Crippen LogP) is 3.13. The quantitative estimate of drug-likeness (QED) is 0.744. The molecule has 16 heavy (non-hydrogen) atoms. The van der Waals surface area contributed by atoms with Gasteiger partial charge in [0.25, 0.3) is 0 Å². The molecule has 0 aromatic rings. The van der Waals surface area contributed by atoms with Gasteiger partial charge in [0.15, 0.2) is 0 Å². The number of halogens is 3. The third-order valence-electron chi connectivity index (χ3n) is 3.32. The first-order chi connectivity index (χ1) is 7.46. The highest BCUT2D eigenvalue weighted by atomic mass is 19.4. The van der Waals surface area contributed by atoms with E-state index in [0.29, 0.717) is 19.3 Å². The number of aliphatic hydroxyl groups is 1. The highest BCUT2D eigenvalue weighted by Gasteiger charge is 2.47. The fourth-order valence-corrected chi connectivity index (χ4v) is 2.47. The molecule has 0 radical (unpaired) electrons. The first-order valence-electron chi connectivity index (χ1n) is 5.65. The molecule has 1 rings (SSSR count). The lowest BCUT2D eigenvalue weighted by Gasteiger charge is -2.35. The second-order valence-corrected chi connectivity index (χ2v) is 4.41. The zero-order chi connectivity index (χ0) is 12.2. The average molecular weight is 234 g/mol. The van der Waals surface area contributed by atoms with Crippen LogP contribution in [0.1, 0.15) is 38.5 Å². The van der Waals surface area contributed by atoms with E-state index in [4.69, 9.17) is 6.42 Å². The van der Waals surface area contributed by atoms with Crippen LogP contribution in [0.3, 0.4) is 0 Å². The van der Waals surface area contributed by atoms with Crippen LogP contribution in [0.5, 0.6) is 0 Å². The molecule has 0 amide bonds. The minimum atomic E-state index is -4.19. The third-order valence-corrected chi connectivity index (χ3v) is 3.32. The second-order valence-electron chi connectivity index (χ2n) is 4.41. The molecule has 0 bridgehead atoms. The van der Waals surface area contributed by atoms with Gasteiger partial charge in [-0.1, -0.05) is 12.8 Å². The molecule has 1 aliphatic rings. The van der Waals surface area contributed by atoms with Crippen molar-refractivity contribution in [3.05, 3.63) is 0 Å². The lowest BCUT2D eigenvalue weighted by molar-refractivity contribution is -0.206. The van der Waals surface area contributed by atoms with E-state index in [1.54, 1.807) is 0 Å². The molecule has 0 spiro atoms. The highest BCUT2D eigenvalue weighted by molar-refractivity contribution is 4.89. The van der Waals surface area contributed by atoms with E-state index >= 15 is 0 Å². The van der Waals surface area contributed by atoms with E-state index in [2.05, 4.69) is 5.92 Å². The normalized spacial score (nSPS) is 28.4. The molecule has 1 fully saturated rings. The Morgan fingerprint density at radius 3 is 2.50 bits per heavy atom. The standard InChI is InChI=1S/C12H17F3O/c1-2-3-8-11(16)9-6-4-5-7-10(9)12(13,14)15/h1,9-11,16H,3-8H2. The van der Waals surface area contributed by atoms with Crippen LogP contribution in [0, 0.1) is 24.2 Å². The van der Waals surface area contributed by atoms with Gasteiger partial charge in [-0.2, -0.15) is 13.2 Å². The maximum Gasteiger partial charge on any atom is 0.392 e. The summed E-state index contributed by atoms with van der Waals surface area (Å²) in [4.78, 5) is 0. The van der Waals surface area contributed by atoms with Crippen molar-refractivity contribution in [2.24, 2.45) is 11.8 Å². The van der Waals surface area contributed by atoms with Crippen molar-refractivity contribution in [1.29, 1.82) is 0 Å². The van der Waals surface area contributed by atoms with Gasteiger partial charge in [-0.3, -0.25) is 0 Å². The Hall–Kier alpha value is -0.690. The minimum absolute atomic E-state index is 0.140. The minimum Gasteiger partial charge on any atom is -0.393 e. The Kier molecular flexibility index (Phi) is 4.67. The molecule has 0 aromatic carbocycles. The van der Waals surface area contributed by atoms with Gasteiger partial charge in [-0.15, -0.1) is 12.3 Å². The Morgan fingerprint density at radius 2 is 1.94 bits per heavy atom. The fraction of sp³-hybridized carbons (Fsp3) is 0.833. The third kappa shape index (κ3) is 3.41. The molecule has 4 heteroatoms. The summed E-state index contributed by atoms with van der Waals surface area (Å²) in [7, 11) is 0. The Labute approximate surface area is 94.0 Å². The summed E-state index contributed by atoms with van der Waals surface area (Å²) in [6.45, 7) is 0. The predicted molar refractivity (Wildman–Crippen MR) is 55.6 cm³/mol. The maximum absolute atomic E-state index is 12.7. The number of aliphatic hydroxyl groups excluding tert-OH is 1.